The maximum Gasteiger partial charge on any atom is 0.416 e. The van der Waals surface area contributed by atoms with Crippen molar-refractivity contribution in [2.24, 2.45) is 0 Å². The highest BCUT2D eigenvalue weighted by molar-refractivity contribution is 6.12. The van der Waals surface area contributed by atoms with Crippen molar-refractivity contribution in [3.63, 3.8) is 0 Å². The number of benzene rings is 2. The Labute approximate surface area is 91.5 Å². The molecule has 0 atom stereocenters. The number of rotatable bonds is 0. The fourth-order valence-corrected chi connectivity index (χ4v) is 2.13. The fourth-order valence-electron chi connectivity index (χ4n) is 2.13. The van der Waals surface area contributed by atoms with Gasteiger partial charge >= 0.3 is 6.09 Å². The lowest BCUT2D eigenvalue weighted by Crippen LogP contribution is -2.06. The Hall–Kier alpha value is -2.29. The van der Waals surface area contributed by atoms with Gasteiger partial charge < -0.3 is 5.11 Å². The van der Waals surface area contributed by atoms with Crippen LogP contribution in [-0.4, -0.2) is 15.8 Å². The van der Waals surface area contributed by atoms with Gasteiger partial charge in [0, 0.05) is 10.8 Å². The molecule has 0 unspecified atom stereocenters. The van der Waals surface area contributed by atoms with Gasteiger partial charge in [0.2, 0.25) is 0 Å². The van der Waals surface area contributed by atoms with E-state index < -0.39 is 6.09 Å². The molecular weight excluding hydrogens is 202 g/mol. The van der Waals surface area contributed by atoms with E-state index in [-0.39, 0.29) is 0 Å². The Morgan fingerprint density at radius 3 is 1.75 bits per heavy atom. The lowest BCUT2D eigenvalue weighted by atomic mass is 10.2. The van der Waals surface area contributed by atoms with Gasteiger partial charge in [0.1, 0.15) is 0 Å². The van der Waals surface area contributed by atoms with Gasteiger partial charge in [0.15, 0.2) is 0 Å². The average Bonchev–Trinajstić information content (AvgIpc) is 2.63. The van der Waals surface area contributed by atoms with Crippen molar-refractivity contribution >= 4 is 27.9 Å². The molecule has 2 aromatic carbocycles. The summed E-state index contributed by atoms with van der Waals surface area (Å²) in [7, 11) is 0. The molecule has 0 bridgehead atoms. The molecule has 3 aromatic rings. The SMILES string of the molecule is O=C(O)n1c2ccccc2c2ccccc21. The lowest BCUT2D eigenvalue weighted by molar-refractivity contribution is 0.198. The van der Waals surface area contributed by atoms with Gasteiger partial charge in [-0.3, -0.25) is 0 Å². The molecule has 0 fully saturated rings. The monoisotopic (exact) mass is 211 g/mol. The van der Waals surface area contributed by atoms with Crippen molar-refractivity contribution in [3.8, 4) is 0 Å². The summed E-state index contributed by atoms with van der Waals surface area (Å²) in [5.74, 6) is 0. The Balaban J connectivity index is 2.64. The van der Waals surface area contributed by atoms with Crippen LogP contribution >= 0.6 is 0 Å². The second kappa shape index (κ2) is 3.10. The van der Waals surface area contributed by atoms with E-state index in [1.807, 2.05) is 48.5 Å². The van der Waals surface area contributed by atoms with Gasteiger partial charge in [-0.15, -0.1) is 0 Å². The topological polar surface area (TPSA) is 42.2 Å². The molecule has 1 N–H and O–H groups in total. The maximum atomic E-state index is 11.3. The van der Waals surface area contributed by atoms with E-state index in [9.17, 15) is 9.90 Å². The third-order valence-electron chi connectivity index (χ3n) is 2.77. The fraction of sp³-hybridized carbons (Fsp3) is 0. The summed E-state index contributed by atoms with van der Waals surface area (Å²) < 4.78 is 1.32. The first kappa shape index (κ1) is 8.97. The smallest absolute Gasteiger partial charge is 0.416 e. The molecule has 0 saturated carbocycles. The van der Waals surface area contributed by atoms with Crippen molar-refractivity contribution < 1.29 is 9.90 Å². The molecule has 0 spiro atoms. The third kappa shape index (κ3) is 1.05. The molecule has 1 heterocycles. The van der Waals surface area contributed by atoms with Crippen LogP contribution in [0.4, 0.5) is 4.79 Å². The van der Waals surface area contributed by atoms with Crippen LogP contribution in [0.15, 0.2) is 48.5 Å². The predicted molar refractivity (Wildman–Crippen MR) is 62.9 cm³/mol. The number of aromatic nitrogens is 1. The zero-order valence-corrected chi connectivity index (χ0v) is 8.42. The summed E-state index contributed by atoms with van der Waals surface area (Å²) in [5, 5.41) is 11.2. The van der Waals surface area contributed by atoms with Gasteiger partial charge in [-0.25, -0.2) is 9.36 Å². The van der Waals surface area contributed by atoms with Crippen molar-refractivity contribution in [2.75, 3.05) is 0 Å². The summed E-state index contributed by atoms with van der Waals surface area (Å²) >= 11 is 0. The first-order valence-electron chi connectivity index (χ1n) is 5.00. The van der Waals surface area contributed by atoms with Crippen LogP contribution in [0.3, 0.4) is 0 Å². The van der Waals surface area contributed by atoms with Crippen molar-refractivity contribution in [3.05, 3.63) is 48.5 Å². The Bertz CT molecular complexity index is 644. The highest BCUT2D eigenvalue weighted by atomic mass is 16.4. The van der Waals surface area contributed by atoms with Gasteiger partial charge in [0.05, 0.1) is 11.0 Å². The minimum Gasteiger partial charge on any atom is -0.464 e. The predicted octanol–water partition coefficient (Wildman–Crippen LogP) is 3.32. The Kier molecular flexibility index (Phi) is 1.74. The molecule has 78 valence electrons. The summed E-state index contributed by atoms with van der Waals surface area (Å²) in [6.45, 7) is 0. The van der Waals surface area contributed by atoms with Crippen molar-refractivity contribution in [1.82, 2.24) is 4.57 Å². The zero-order valence-electron chi connectivity index (χ0n) is 8.42. The number of carboxylic acid groups (broad SMARTS) is 1. The van der Waals surface area contributed by atoms with Crippen molar-refractivity contribution in [2.45, 2.75) is 0 Å². The second-order valence-corrected chi connectivity index (χ2v) is 3.65. The van der Waals surface area contributed by atoms with Gasteiger partial charge in [-0.05, 0) is 12.1 Å². The van der Waals surface area contributed by atoms with E-state index >= 15 is 0 Å². The highest BCUT2D eigenvalue weighted by Gasteiger charge is 2.13. The number of para-hydroxylation sites is 2. The molecule has 16 heavy (non-hydrogen) atoms. The van der Waals surface area contributed by atoms with E-state index in [2.05, 4.69) is 0 Å². The summed E-state index contributed by atoms with van der Waals surface area (Å²) in [6, 6.07) is 15.1. The second-order valence-electron chi connectivity index (χ2n) is 3.65. The summed E-state index contributed by atoms with van der Waals surface area (Å²) in [4.78, 5) is 11.3. The van der Waals surface area contributed by atoms with Crippen LogP contribution in [0, 0.1) is 0 Å². The normalized spacial score (nSPS) is 11.0. The van der Waals surface area contributed by atoms with Gasteiger partial charge in [-0.2, -0.15) is 0 Å². The molecular formula is C13H9NO2. The van der Waals surface area contributed by atoms with Crippen LogP contribution in [0.2, 0.25) is 0 Å². The minimum atomic E-state index is -0.947. The largest absolute Gasteiger partial charge is 0.464 e. The molecule has 0 aliphatic heterocycles. The van der Waals surface area contributed by atoms with Gasteiger partial charge in [-0.1, -0.05) is 36.4 Å². The molecule has 1 aromatic heterocycles. The molecule has 0 aliphatic carbocycles. The maximum absolute atomic E-state index is 11.3. The van der Waals surface area contributed by atoms with E-state index in [1.54, 1.807) is 0 Å². The van der Waals surface area contributed by atoms with Crippen LogP contribution < -0.4 is 0 Å². The number of hydrogen-bond acceptors (Lipinski definition) is 1. The first-order chi connectivity index (χ1) is 7.79. The number of fused-ring (bicyclic) bond motifs is 3. The Morgan fingerprint density at radius 2 is 1.31 bits per heavy atom. The summed E-state index contributed by atoms with van der Waals surface area (Å²) in [6.07, 6.45) is -0.947. The first-order valence-corrected chi connectivity index (χ1v) is 5.00. The quantitative estimate of drug-likeness (QED) is 0.619. The lowest BCUT2D eigenvalue weighted by Gasteiger charge is -1.98. The molecule has 0 amide bonds. The third-order valence-corrected chi connectivity index (χ3v) is 2.77. The van der Waals surface area contributed by atoms with Gasteiger partial charge in [0.25, 0.3) is 0 Å². The number of nitrogens with zero attached hydrogens (tertiary/aromatic N) is 1. The number of hydrogen-bond donors (Lipinski definition) is 1. The average molecular weight is 211 g/mol. The standard InChI is InChI=1S/C13H9NO2/c15-13(16)14-11-7-3-1-5-9(11)10-6-2-4-8-12(10)14/h1-8H,(H,15,16). The molecule has 3 nitrogen and oxygen atoms in total. The van der Waals surface area contributed by atoms with E-state index in [0.29, 0.717) is 0 Å². The Morgan fingerprint density at radius 1 is 0.875 bits per heavy atom. The summed E-state index contributed by atoms with van der Waals surface area (Å²) in [5.41, 5.74) is 1.47. The van der Waals surface area contributed by atoms with E-state index in [4.69, 9.17) is 0 Å². The molecule has 0 aliphatic rings. The number of carbonyl (C=O) groups is 1. The molecule has 3 heteroatoms. The van der Waals surface area contributed by atoms with E-state index in [1.165, 1.54) is 4.57 Å². The van der Waals surface area contributed by atoms with Crippen LogP contribution in [-0.2, 0) is 0 Å². The van der Waals surface area contributed by atoms with Crippen LogP contribution in [0.25, 0.3) is 21.8 Å². The van der Waals surface area contributed by atoms with Crippen molar-refractivity contribution in [1.29, 1.82) is 0 Å². The van der Waals surface area contributed by atoms with Crippen LogP contribution in [0.5, 0.6) is 0 Å². The molecule has 0 saturated heterocycles. The van der Waals surface area contributed by atoms with E-state index in [0.717, 1.165) is 21.8 Å². The highest BCUT2D eigenvalue weighted by Crippen LogP contribution is 2.28. The van der Waals surface area contributed by atoms with Crippen LogP contribution in [0.1, 0.15) is 0 Å². The molecule has 3 rings (SSSR count). The molecule has 0 radical (unpaired) electrons. The zero-order chi connectivity index (χ0) is 11.1. The minimum absolute atomic E-state index is 0.733.